The van der Waals surface area contributed by atoms with E-state index in [9.17, 15) is 8.78 Å². The summed E-state index contributed by atoms with van der Waals surface area (Å²) in [5, 5.41) is 0. The molecule has 2 heterocycles. The van der Waals surface area contributed by atoms with Crippen LogP contribution in [0.15, 0.2) is 110 Å². The molecule has 3 aliphatic rings. The highest BCUT2D eigenvalue weighted by atomic mass is 19.1. The largest absolute Gasteiger partial charge is 0.449 e. The zero-order valence-electron chi connectivity index (χ0n) is 31.0. The van der Waals surface area contributed by atoms with Gasteiger partial charge in [0, 0.05) is 23.3 Å². The molecule has 6 aromatic rings. The van der Waals surface area contributed by atoms with E-state index < -0.39 is 11.6 Å². The molecule has 276 valence electrons. The molecule has 0 saturated heterocycles. The first kappa shape index (κ1) is 35.4. The van der Waals surface area contributed by atoms with Gasteiger partial charge in [0.2, 0.25) is 11.5 Å². The molecular formula is C51H34F2O4. The lowest BCUT2D eigenvalue weighted by atomic mass is 9.78. The van der Waals surface area contributed by atoms with Gasteiger partial charge in [0.1, 0.15) is 0 Å². The maximum atomic E-state index is 14.8. The van der Waals surface area contributed by atoms with Gasteiger partial charge in [-0.05, 0) is 112 Å². The Hall–Kier alpha value is -7.28. The highest BCUT2D eigenvalue weighted by Crippen LogP contribution is 2.51. The number of terminal acetylenes is 2. The molecule has 0 aromatic heterocycles. The predicted octanol–water partition coefficient (Wildman–Crippen LogP) is 13.4. The molecule has 2 aliphatic heterocycles. The van der Waals surface area contributed by atoms with Gasteiger partial charge in [-0.2, -0.15) is 0 Å². The second-order valence-electron chi connectivity index (χ2n) is 14.2. The van der Waals surface area contributed by atoms with Gasteiger partial charge >= 0.3 is 0 Å². The maximum absolute atomic E-state index is 14.8. The molecular weight excluding hydrogens is 715 g/mol. The summed E-state index contributed by atoms with van der Waals surface area (Å²) in [5.41, 5.74) is 10.6. The van der Waals surface area contributed by atoms with Gasteiger partial charge in [-0.3, -0.25) is 0 Å². The molecule has 1 unspecified atom stereocenters. The van der Waals surface area contributed by atoms with Crippen molar-refractivity contribution in [1.29, 1.82) is 0 Å². The SMILES string of the molecule is C#Cc1cc(F)c2c(c1)Oc1cc(C=C)c(/C=C\CCc3ccccc3-c3ccccc3C3=Cc4cc5c(cc4CC3C)Oc3c(F)cc(C#C)cc3O5)cc1O2. The average molecular weight is 749 g/mol. The fourth-order valence-corrected chi connectivity index (χ4v) is 7.78. The third kappa shape index (κ3) is 6.52. The lowest BCUT2D eigenvalue weighted by Gasteiger charge is -2.28. The molecule has 6 aromatic carbocycles. The Morgan fingerprint density at radius 2 is 1.26 bits per heavy atom. The first-order valence-electron chi connectivity index (χ1n) is 18.6. The maximum Gasteiger partial charge on any atom is 0.205 e. The van der Waals surface area contributed by atoms with Crippen LogP contribution < -0.4 is 18.9 Å². The molecule has 0 bridgehead atoms. The van der Waals surface area contributed by atoms with Gasteiger partial charge in [-0.1, -0.05) is 98.2 Å². The van der Waals surface area contributed by atoms with E-state index in [1.165, 1.54) is 34.4 Å². The van der Waals surface area contributed by atoms with Crippen molar-refractivity contribution in [3.8, 4) is 81.8 Å². The van der Waals surface area contributed by atoms with E-state index in [1.807, 2.05) is 30.3 Å². The fraction of sp³-hybridized carbons (Fsp3) is 0.0980. The number of allylic oxidation sites excluding steroid dienone is 2. The zero-order valence-corrected chi connectivity index (χ0v) is 31.0. The molecule has 0 saturated carbocycles. The molecule has 4 nitrogen and oxygen atoms in total. The second-order valence-corrected chi connectivity index (χ2v) is 14.2. The number of hydrogen-bond donors (Lipinski definition) is 0. The number of benzene rings is 6. The van der Waals surface area contributed by atoms with Crippen LogP contribution in [0.4, 0.5) is 8.78 Å². The molecule has 9 rings (SSSR count). The summed E-state index contributed by atoms with van der Waals surface area (Å²) >= 11 is 0. The van der Waals surface area contributed by atoms with Gasteiger partial charge in [0.15, 0.2) is 46.1 Å². The quantitative estimate of drug-likeness (QED) is 0.152. The van der Waals surface area contributed by atoms with Crippen molar-refractivity contribution >= 4 is 23.8 Å². The highest BCUT2D eigenvalue weighted by Gasteiger charge is 2.29. The summed E-state index contributed by atoms with van der Waals surface area (Å²) in [5.74, 6) is 6.40. The monoisotopic (exact) mass is 748 g/mol. The standard InChI is InChI=1S/C51H34F2O4/c1-5-31-21-42(52)50-48(23-31)54-44-26-33(7-3)35(27-46(44)56-50)16-9-8-14-34-15-10-11-17-38(34)39-18-12-13-19-40(39)41-25-37-29-45-47(28-36(37)20-30(41)4)57-51-43(53)22-32(6-2)24-49(51)55-45/h1-2,7,9-13,15-19,21-30H,3,8,14,20H2,4H3/b16-9-. The first-order valence-corrected chi connectivity index (χ1v) is 18.6. The molecule has 6 heteroatoms. The normalized spacial score (nSPS) is 14.4. The lowest BCUT2D eigenvalue weighted by molar-refractivity contribution is 0.341. The van der Waals surface area contributed by atoms with Crippen LogP contribution in [0.1, 0.15) is 57.9 Å². The highest BCUT2D eigenvalue weighted by molar-refractivity contribution is 5.93. The van der Waals surface area contributed by atoms with Crippen molar-refractivity contribution in [2.45, 2.75) is 26.2 Å². The van der Waals surface area contributed by atoms with E-state index in [0.717, 1.165) is 47.1 Å². The third-order valence-electron chi connectivity index (χ3n) is 10.6. The van der Waals surface area contributed by atoms with E-state index in [1.54, 1.807) is 18.2 Å². The van der Waals surface area contributed by atoms with Crippen LogP contribution in [-0.4, -0.2) is 0 Å². The van der Waals surface area contributed by atoms with Crippen molar-refractivity contribution in [3.63, 3.8) is 0 Å². The minimum Gasteiger partial charge on any atom is -0.449 e. The summed E-state index contributed by atoms with van der Waals surface area (Å²) in [6.07, 6.45) is 21.5. The fourth-order valence-electron chi connectivity index (χ4n) is 7.78. The minimum absolute atomic E-state index is 0.00781. The van der Waals surface area contributed by atoms with Crippen LogP contribution in [0.3, 0.4) is 0 Å². The molecule has 0 amide bonds. The first-order chi connectivity index (χ1) is 27.8. The van der Waals surface area contributed by atoms with Crippen molar-refractivity contribution < 1.29 is 27.7 Å². The van der Waals surface area contributed by atoms with Gasteiger partial charge in [0.05, 0.1) is 0 Å². The Kier molecular flexibility index (Phi) is 8.96. The number of hydrogen-bond acceptors (Lipinski definition) is 4. The van der Waals surface area contributed by atoms with E-state index in [0.29, 0.717) is 34.1 Å². The van der Waals surface area contributed by atoms with E-state index in [4.69, 9.17) is 31.8 Å². The average Bonchev–Trinajstić information content (AvgIpc) is 3.23. The van der Waals surface area contributed by atoms with Gasteiger partial charge < -0.3 is 18.9 Å². The predicted molar refractivity (Wildman–Crippen MR) is 222 cm³/mol. The summed E-state index contributed by atoms with van der Waals surface area (Å²) in [7, 11) is 0. The topological polar surface area (TPSA) is 36.9 Å². The molecule has 1 atom stereocenters. The van der Waals surface area contributed by atoms with Crippen molar-refractivity contribution in [3.05, 3.63) is 166 Å². The Morgan fingerprint density at radius 3 is 1.93 bits per heavy atom. The minimum atomic E-state index is -0.580. The Labute approximate surface area is 330 Å². The lowest BCUT2D eigenvalue weighted by Crippen LogP contribution is -2.11. The van der Waals surface area contributed by atoms with Crippen molar-refractivity contribution in [2.75, 3.05) is 0 Å². The Morgan fingerprint density at radius 1 is 0.684 bits per heavy atom. The number of rotatable bonds is 7. The van der Waals surface area contributed by atoms with E-state index in [2.05, 4.69) is 86.0 Å². The molecule has 0 N–H and O–H groups in total. The van der Waals surface area contributed by atoms with Crippen LogP contribution in [0.2, 0.25) is 0 Å². The van der Waals surface area contributed by atoms with Crippen molar-refractivity contribution in [2.24, 2.45) is 5.92 Å². The summed E-state index contributed by atoms with van der Waals surface area (Å²) in [6, 6.07) is 30.4. The summed E-state index contributed by atoms with van der Waals surface area (Å²) < 4.78 is 53.7. The number of halogens is 2. The molecule has 1 aliphatic carbocycles. The van der Waals surface area contributed by atoms with Crippen LogP contribution in [0, 0.1) is 42.2 Å². The molecule has 0 radical (unpaired) electrons. The smallest absolute Gasteiger partial charge is 0.205 e. The summed E-state index contributed by atoms with van der Waals surface area (Å²) in [4.78, 5) is 0. The van der Waals surface area contributed by atoms with Crippen LogP contribution >= 0.6 is 0 Å². The van der Waals surface area contributed by atoms with Gasteiger partial charge in [-0.25, -0.2) is 8.78 Å². The number of fused-ring (bicyclic) bond motifs is 5. The zero-order chi connectivity index (χ0) is 39.2. The van der Waals surface area contributed by atoms with Crippen LogP contribution in [-0.2, 0) is 12.8 Å². The Balaban J connectivity index is 0.970. The summed E-state index contributed by atoms with van der Waals surface area (Å²) in [6.45, 7) is 6.23. The van der Waals surface area contributed by atoms with Crippen LogP contribution in [0.25, 0.3) is 34.9 Å². The van der Waals surface area contributed by atoms with Crippen molar-refractivity contribution in [1.82, 2.24) is 0 Å². The number of aryl methyl sites for hydroxylation is 1. The number of ether oxygens (including phenoxy) is 4. The van der Waals surface area contributed by atoms with E-state index >= 15 is 0 Å². The van der Waals surface area contributed by atoms with Gasteiger partial charge in [-0.15, -0.1) is 12.8 Å². The molecule has 0 fully saturated rings. The molecule has 0 spiro atoms. The van der Waals surface area contributed by atoms with E-state index in [-0.39, 0.29) is 28.9 Å². The second kappa shape index (κ2) is 14.4. The molecule has 57 heavy (non-hydrogen) atoms. The third-order valence-corrected chi connectivity index (χ3v) is 10.6. The van der Waals surface area contributed by atoms with Gasteiger partial charge in [0.25, 0.3) is 0 Å². The Bertz CT molecular complexity index is 2810. The van der Waals surface area contributed by atoms with Crippen LogP contribution in [0.5, 0.6) is 46.0 Å².